The largest absolute Gasteiger partial charge is 0.266 e. The molecule has 0 saturated carbocycles. The molecular formula is C14H11N6+. The molecule has 96 valence electrons. The Morgan fingerprint density at radius 1 is 1.00 bits per heavy atom. The van der Waals surface area contributed by atoms with Gasteiger partial charge in [-0.2, -0.15) is 15.1 Å². The van der Waals surface area contributed by atoms with Gasteiger partial charge in [-0.05, 0) is 5.56 Å². The van der Waals surface area contributed by atoms with E-state index in [4.69, 9.17) is 0 Å². The first kappa shape index (κ1) is 11.0. The third-order valence-electron chi connectivity index (χ3n) is 3.40. The highest BCUT2D eigenvalue weighted by molar-refractivity contribution is 6.03. The molecule has 0 radical (unpaired) electrons. The van der Waals surface area contributed by atoms with Gasteiger partial charge in [0, 0.05) is 0 Å². The first-order valence-electron chi connectivity index (χ1n) is 6.20. The topological polar surface area (TPSA) is 65.8 Å². The van der Waals surface area contributed by atoms with Crippen molar-refractivity contribution >= 4 is 24.8 Å². The highest BCUT2D eigenvalue weighted by atomic mass is 15.5. The molecular weight excluding hydrogens is 252 g/mol. The molecule has 20 heavy (non-hydrogen) atoms. The first-order chi connectivity index (χ1) is 9.90. The third kappa shape index (κ3) is 1.42. The second-order valence-electron chi connectivity index (χ2n) is 4.54. The number of nitrogens with one attached hydrogen (secondary N) is 1. The van der Waals surface area contributed by atoms with E-state index in [1.807, 2.05) is 36.5 Å². The van der Waals surface area contributed by atoms with Crippen molar-refractivity contribution in [2.75, 3.05) is 0 Å². The molecule has 2 aliphatic heterocycles. The zero-order valence-corrected chi connectivity index (χ0v) is 10.5. The number of quaternary nitrogens is 1. The summed E-state index contributed by atoms with van der Waals surface area (Å²) in [6, 6.07) is 10.1. The number of aliphatic imine (C=N–C) groups is 3. The molecule has 0 saturated heterocycles. The van der Waals surface area contributed by atoms with Crippen molar-refractivity contribution in [2.24, 2.45) is 15.0 Å². The van der Waals surface area contributed by atoms with Gasteiger partial charge in [-0.25, -0.2) is 10.1 Å². The quantitative estimate of drug-likeness (QED) is 0.830. The van der Waals surface area contributed by atoms with E-state index in [0.717, 1.165) is 22.8 Å². The molecule has 0 aliphatic carbocycles. The van der Waals surface area contributed by atoms with Crippen molar-refractivity contribution in [1.29, 1.82) is 0 Å². The van der Waals surface area contributed by atoms with Crippen molar-refractivity contribution in [3.05, 3.63) is 48.5 Å². The molecule has 1 aromatic heterocycles. The lowest BCUT2D eigenvalue weighted by molar-refractivity contribution is 0.721. The molecule has 2 aliphatic rings. The van der Waals surface area contributed by atoms with E-state index in [1.54, 1.807) is 18.9 Å². The SMILES string of the molecule is C1=NC=NC2=CN=C[N+]12c1[nH]ncc1-c1ccccc1. The van der Waals surface area contributed by atoms with Gasteiger partial charge < -0.3 is 0 Å². The van der Waals surface area contributed by atoms with Crippen LogP contribution in [0.3, 0.4) is 0 Å². The maximum atomic E-state index is 4.29. The summed E-state index contributed by atoms with van der Waals surface area (Å²) in [7, 11) is 0. The van der Waals surface area contributed by atoms with Crippen LogP contribution in [0.25, 0.3) is 11.1 Å². The van der Waals surface area contributed by atoms with Crippen LogP contribution in [-0.4, -0.2) is 29.2 Å². The highest BCUT2D eigenvalue weighted by Crippen LogP contribution is 2.37. The lowest BCUT2D eigenvalue weighted by Crippen LogP contribution is -2.45. The maximum Gasteiger partial charge on any atom is 0.266 e. The van der Waals surface area contributed by atoms with E-state index in [1.165, 1.54) is 6.34 Å². The number of hydrogen-bond donors (Lipinski definition) is 1. The van der Waals surface area contributed by atoms with Gasteiger partial charge in [-0.15, -0.1) is 4.48 Å². The first-order valence-corrected chi connectivity index (χ1v) is 6.20. The lowest BCUT2D eigenvalue weighted by atomic mass is 10.1. The van der Waals surface area contributed by atoms with Crippen molar-refractivity contribution < 1.29 is 0 Å². The second-order valence-corrected chi connectivity index (χ2v) is 4.54. The monoisotopic (exact) mass is 263 g/mol. The van der Waals surface area contributed by atoms with Gasteiger partial charge in [0.1, 0.15) is 12.5 Å². The number of aromatic amines is 1. The van der Waals surface area contributed by atoms with Crippen LogP contribution in [0.4, 0.5) is 5.82 Å². The molecule has 1 aromatic carbocycles. The van der Waals surface area contributed by atoms with Crippen LogP contribution in [0.1, 0.15) is 0 Å². The van der Waals surface area contributed by atoms with Gasteiger partial charge in [-0.3, -0.25) is 0 Å². The van der Waals surface area contributed by atoms with Crippen molar-refractivity contribution in [3.63, 3.8) is 0 Å². The minimum Gasteiger partial charge on any atom is -0.230 e. The van der Waals surface area contributed by atoms with Crippen molar-refractivity contribution in [1.82, 2.24) is 14.7 Å². The van der Waals surface area contributed by atoms with E-state index in [2.05, 4.69) is 25.2 Å². The number of rotatable bonds is 2. The normalized spacial score (nSPS) is 22.9. The summed E-state index contributed by atoms with van der Waals surface area (Å²) in [4.78, 5) is 12.7. The summed E-state index contributed by atoms with van der Waals surface area (Å²) in [5, 5.41) is 7.25. The van der Waals surface area contributed by atoms with Gasteiger partial charge in [-0.1, -0.05) is 30.3 Å². The van der Waals surface area contributed by atoms with Crippen molar-refractivity contribution in [3.8, 4) is 11.1 Å². The van der Waals surface area contributed by atoms with E-state index < -0.39 is 0 Å². The predicted octanol–water partition coefficient (Wildman–Crippen LogP) is 2.29. The van der Waals surface area contributed by atoms with Crippen LogP contribution >= 0.6 is 0 Å². The van der Waals surface area contributed by atoms with E-state index in [9.17, 15) is 0 Å². The summed E-state index contributed by atoms with van der Waals surface area (Å²) in [6.07, 6.45) is 8.64. The molecule has 4 rings (SSSR count). The zero-order valence-electron chi connectivity index (χ0n) is 10.5. The molecule has 2 aromatic rings. The van der Waals surface area contributed by atoms with Crippen LogP contribution < -0.4 is 4.48 Å². The Hall–Kier alpha value is -2.86. The molecule has 1 unspecified atom stereocenters. The number of benzene rings is 1. The average molecular weight is 263 g/mol. The van der Waals surface area contributed by atoms with Gasteiger partial charge in [0.25, 0.3) is 5.82 Å². The number of aromatic nitrogens is 2. The number of fused-ring (bicyclic) bond motifs is 1. The van der Waals surface area contributed by atoms with Crippen LogP contribution in [0.2, 0.25) is 0 Å². The minimum absolute atomic E-state index is 0.237. The molecule has 0 fully saturated rings. The fourth-order valence-electron chi connectivity index (χ4n) is 2.43. The third-order valence-corrected chi connectivity index (χ3v) is 3.40. The molecule has 6 heteroatoms. The minimum atomic E-state index is 0.237. The molecule has 6 nitrogen and oxygen atoms in total. The highest BCUT2D eigenvalue weighted by Gasteiger charge is 2.42. The molecule has 3 heterocycles. The van der Waals surface area contributed by atoms with Crippen LogP contribution in [-0.2, 0) is 0 Å². The summed E-state index contributed by atoms with van der Waals surface area (Å²) in [6.45, 7) is 0. The maximum absolute atomic E-state index is 4.29. The smallest absolute Gasteiger partial charge is 0.230 e. The van der Waals surface area contributed by atoms with E-state index >= 15 is 0 Å². The van der Waals surface area contributed by atoms with Gasteiger partial charge in [0.2, 0.25) is 18.5 Å². The molecule has 1 atom stereocenters. The Morgan fingerprint density at radius 3 is 2.75 bits per heavy atom. The fourth-order valence-corrected chi connectivity index (χ4v) is 2.43. The predicted molar refractivity (Wildman–Crippen MR) is 79.4 cm³/mol. The average Bonchev–Trinajstić information content (AvgIpc) is 3.15. The molecule has 0 bridgehead atoms. The molecule has 0 amide bonds. The van der Waals surface area contributed by atoms with E-state index in [0.29, 0.717) is 0 Å². The molecule has 1 N–H and O–H groups in total. The standard InChI is InChI=1S/C14H11N6/c1-2-4-11(5-3-1)12-6-18-19-14(12)20-9-15-7-13(20)17-8-16-10-20/h1-10H,(H,18,19)/q+1. The van der Waals surface area contributed by atoms with E-state index in [-0.39, 0.29) is 4.48 Å². The Bertz CT molecular complexity index is 768. The number of H-pyrrole nitrogens is 1. The van der Waals surface area contributed by atoms with Gasteiger partial charge in [0.15, 0.2) is 0 Å². The summed E-state index contributed by atoms with van der Waals surface area (Å²) >= 11 is 0. The fraction of sp³-hybridized carbons (Fsp3) is 0. The Morgan fingerprint density at radius 2 is 1.85 bits per heavy atom. The van der Waals surface area contributed by atoms with Crippen LogP contribution in [0.5, 0.6) is 0 Å². The Kier molecular flexibility index (Phi) is 2.24. The number of hydrogen-bond acceptors (Lipinski definition) is 4. The van der Waals surface area contributed by atoms with Crippen LogP contribution in [0, 0.1) is 0 Å². The Labute approximate surface area is 115 Å². The van der Waals surface area contributed by atoms with Crippen LogP contribution in [0.15, 0.2) is 63.5 Å². The lowest BCUT2D eigenvalue weighted by Gasteiger charge is -2.24. The van der Waals surface area contributed by atoms with Crippen molar-refractivity contribution in [2.45, 2.75) is 0 Å². The summed E-state index contributed by atoms with van der Waals surface area (Å²) < 4.78 is 0.237. The number of nitrogens with zero attached hydrogens (tertiary/aromatic N) is 5. The summed E-state index contributed by atoms with van der Waals surface area (Å²) in [5.41, 5.74) is 2.10. The second kappa shape index (κ2) is 4.07. The molecule has 0 spiro atoms. The Balaban J connectivity index is 1.91. The van der Waals surface area contributed by atoms with Gasteiger partial charge >= 0.3 is 0 Å². The van der Waals surface area contributed by atoms with Gasteiger partial charge in [0.05, 0.1) is 11.8 Å². The summed E-state index contributed by atoms with van der Waals surface area (Å²) in [5.74, 6) is 1.67. The zero-order chi connectivity index (χ0) is 13.4.